The monoisotopic (exact) mass is 393 g/mol. The minimum Gasteiger partial charge on any atom is -0.497 e. The lowest BCUT2D eigenvalue weighted by Crippen LogP contribution is -2.29. The van der Waals surface area contributed by atoms with E-state index < -0.39 is 0 Å². The summed E-state index contributed by atoms with van der Waals surface area (Å²) in [6, 6.07) is 13.0. The predicted octanol–water partition coefficient (Wildman–Crippen LogP) is 3.20. The third kappa shape index (κ3) is 5.45. The molecule has 0 unspecified atom stereocenters. The lowest BCUT2D eigenvalue weighted by molar-refractivity contribution is -0.120. The van der Waals surface area contributed by atoms with Crippen LogP contribution in [0.15, 0.2) is 46.9 Å². The third-order valence-corrected chi connectivity index (χ3v) is 3.83. The summed E-state index contributed by atoms with van der Waals surface area (Å²) >= 11 is 3.38. The van der Waals surface area contributed by atoms with Crippen LogP contribution in [0, 0.1) is 0 Å². The maximum absolute atomic E-state index is 12.0. The number of methoxy groups -OCH3 is 2. The zero-order valence-electron chi connectivity index (χ0n) is 13.7. The minimum atomic E-state index is -0.0868. The van der Waals surface area contributed by atoms with Crippen LogP contribution < -0.4 is 19.5 Å². The average molecular weight is 394 g/mol. The average Bonchev–Trinajstić information content (AvgIpc) is 2.59. The Morgan fingerprint density at radius 1 is 1.08 bits per heavy atom. The van der Waals surface area contributed by atoms with Gasteiger partial charge in [-0.3, -0.25) is 4.79 Å². The highest BCUT2D eigenvalue weighted by Gasteiger charge is 2.09. The molecule has 0 aliphatic rings. The standard InChI is InChI=1S/C18H20BrNO4/c1-22-15-7-6-13(17(12-15)23-2)10-18(21)20-8-9-24-16-5-3-4-14(19)11-16/h3-7,11-12H,8-10H2,1-2H3,(H,20,21). The molecular formula is C18H20BrNO4. The van der Waals surface area contributed by atoms with Gasteiger partial charge in [0.15, 0.2) is 0 Å². The van der Waals surface area contributed by atoms with Crippen molar-refractivity contribution in [1.82, 2.24) is 5.32 Å². The van der Waals surface area contributed by atoms with Gasteiger partial charge in [-0.1, -0.05) is 28.1 Å². The van der Waals surface area contributed by atoms with Crippen LogP contribution >= 0.6 is 15.9 Å². The maximum atomic E-state index is 12.0. The van der Waals surface area contributed by atoms with Crippen LogP contribution in [0.3, 0.4) is 0 Å². The second kappa shape index (κ2) is 9.17. The molecule has 0 aliphatic heterocycles. The first-order chi connectivity index (χ1) is 11.6. The highest BCUT2D eigenvalue weighted by molar-refractivity contribution is 9.10. The van der Waals surface area contributed by atoms with Gasteiger partial charge in [0.1, 0.15) is 23.9 Å². The molecule has 1 amide bonds. The Balaban J connectivity index is 1.79. The van der Waals surface area contributed by atoms with Gasteiger partial charge >= 0.3 is 0 Å². The van der Waals surface area contributed by atoms with E-state index in [1.54, 1.807) is 20.3 Å². The van der Waals surface area contributed by atoms with Crippen molar-refractivity contribution in [2.45, 2.75) is 6.42 Å². The van der Waals surface area contributed by atoms with Crippen LogP contribution in [0.25, 0.3) is 0 Å². The van der Waals surface area contributed by atoms with Crippen molar-refractivity contribution < 1.29 is 19.0 Å². The number of benzene rings is 2. The Labute approximate surface area is 150 Å². The Morgan fingerprint density at radius 3 is 2.62 bits per heavy atom. The SMILES string of the molecule is COc1ccc(CC(=O)NCCOc2cccc(Br)c2)c(OC)c1. The smallest absolute Gasteiger partial charge is 0.224 e. The third-order valence-electron chi connectivity index (χ3n) is 3.33. The molecular weight excluding hydrogens is 374 g/mol. The summed E-state index contributed by atoms with van der Waals surface area (Å²) in [5.74, 6) is 2.00. The quantitative estimate of drug-likeness (QED) is 0.699. The second-order valence-corrected chi connectivity index (χ2v) is 5.93. The van der Waals surface area contributed by atoms with E-state index in [0.717, 1.165) is 15.8 Å². The van der Waals surface area contributed by atoms with E-state index in [4.69, 9.17) is 14.2 Å². The number of halogens is 1. The van der Waals surface area contributed by atoms with Crippen molar-refractivity contribution in [3.05, 3.63) is 52.5 Å². The molecule has 24 heavy (non-hydrogen) atoms. The molecule has 2 rings (SSSR count). The maximum Gasteiger partial charge on any atom is 0.224 e. The molecule has 0 aliphatic carbocycles. The van der Waals surface area contributed by atoms with Gasteiger partial charge in [0.25, 0.3) is 0 Å². The van der Waals surface area contributed by atoms with Crippen LogP contribution in [-0.2, 0) is 11.2 Å². The molecule has 0 bridgehead atoms. The summed E-state index contributed by atoms with van der Waals surface area (Å²) < 4.78 is 17.0. The Kier molecular flexibility index (Phi) is 6.93. The fourth-order valence-electron chi connectivity index (χ4n) is 2.15. The highest BCUT2D eigenvalue weighted by Crippen LogP contribution is 2.24. The molecule has 0 atom stereocenters. The van der Waals surface area contributed by atoms with Gasteiger partial charge < -0.3 is 19.5 Å². The van der Waals surface area contributed by atoms with Crippen molar-refractivity contribution in [2.24, 2.45) is 0 Å². The molecule has 6 heteroatoms. The summed E-state index contributed by atoms with van der Waals surface area (Å²) in [5.41, 5.74) is 0.809. The van der Waals surface area contributed by atoms with Gasteiger partial charge in [0.2, 0.25) is 5.91 Å². The molecule has 2 aromatic rings. The summed E-state index contributed by atoms with van der Waals surface area (Å²) in [7, 11) is 3.16. The Hall–Kier alpha value is -2.21. The fraction of sp³-hybridized carbons (Fsp3) is 0.278. The molecule has 0 spiro atoms. The Bertz CT molecular complexity index is 690. The summed E-state index contributed by atoms with van der Waals surface area (Å²) in [6.07, 6.45) is 0.240. The van der Waals surface area contributed by atoms with Crippen molar-refractivity contribution in [1.29, 1.82) is 0 Å². The normalized spacial score (nSPS) is 10.1. The number of hydrogen-bond donors (Lipinski definition) is 1. The zero-order valence-corrected chi connectivity index (χ0v) is 15.3. The fourth-order valence-corrected chi connectivity index (χ4v) is 2.53. The Morgan fingerprint density at radius 2 is 1.92 bits per heavy atom. The van der Waals surface area contributed by atoms with Gasteiger partial charge in [-0.15, -0.1) is 0 Å². The first kappa shape index (κ1) is 18.1. The van der Waals surface area contributed by atoms with Crippen LogP contribution in [0.1, 0.15) is 5.56 Å². The molecule has 0 aromatic heterocycles. The number of rotatable bonds is 8. The number of carbonyl (C=O) groups excluding carboxylic acids is 1. The summed E-state index contributed by atoms with van der Waals surface area (Å²) in [4.78, 5) is 12.0. The van der Waals surface area contributed by atoms with Gasteiger partial charge in [-0.05, 0) is 24.3 Å². The van der Waals surface area contributed by atoms with Crippen molar-refractivity contribution in [3.63, 3.8) is 0 Å². The van der Waals surface area contributed by atoms with Gasteiger partial charge in [-0.25, -0.2) is 0 Å². The van der Waals surface area contributed by atoms with E-state index in [9.17, 15) is 4.79 Å². The van der Waals surface area contributed by atoms with Crippen LogP contribution in [-0.4, -0.2) is 33.3 Å². The number of carbonyl (C=O) groups is 1. The van der Waals surface area contributed by atoms with Crippen LogP contribution in [0.4, 0.5) is 0 Å². The van der Waals surface area contributed by atoms with E-state index in [0.29, 0.717) is 24.7 Å². The first-order valence-electron chi connectivity index (χ1n) is 7.48. The highest BCUT2D eigenvalue weighted by atomic mass is 79.9. The molecule has 0 saturated carbocycles. The number of ether oxygens (including phenoxy) is 3. The molecule has 0 radical (unpaired) electrons. The summed E-state index contributed by atoms with van der Waals surface area (Å²) in [5, 5.41) is 2.83. The zero-order chi connectivity index (χ0) is 17.4. The van der Waals surface area contributed by atoms with Gasteiger partial charge in [0, 0.05) is 16.1 Å². The van der Waals surface area contributed by atoms with Crippen LogP contribution in [0.5, 0.6) is 17.2 Å². The van der Waals surface area contributed by atoms with Gasteiger partial charge in [0.05, 0.1) is 27.2 Å². The van der Waals surface area contributed by atoms with E-state index in [-0.39, 0.29) is 12.3 Å². The first-order valence-corrected chi connectivity index (χ1v) is 8.27. The summed E-state index contributed by atoms with van der Waals surface area (Å²) in [6.45, 7) is 0.839. The molecule has 1 N–H and O–H groups in total. The molecule has 5 nitrogen and oxygen atoms in total. The predicted molar refractivity (Wildman–Crippen MR) is 95.9 cm³/mol. The lowest BCUT2D eigenvalue weighted by atomic mass is 10.1. The molecule has 0 heterocycles. The molecule has 0 fully saturated rings. The van der Waals surface area contributed by atoms with Crippen molar-refractivity contribution in [2.75, 3.05) is 27.4 Å². The second-order valence-electron chi connectivity index (χ2n) is 5.01. The van der Waals surface area contributed by atoms with Crippen molar-refractivity contribution >= 4 is 21.8 Å². The molecule has 0 saturated heterocycles. The van der Waals surface area contributed by atoms with E-state index in [1.807, 2.05) is 36.4 Å². The number of hydrogen-bond acceptors (Lipinski definition) is 4. The number of amides is 1. The topological polar surface area (TPSA) is 56.8 Å². The lowest BCUT2D eigenvalue weighted by Gasteiger charge is -2.11. The molecule has 128 valence electrons. The van der Waals surface area contributed by atoms with E-state index in [2.05, 4.69) is 21.2 Å². The minimum absolute atomic E-state index is 0.0868. The molecule has 2 aromatic carbocycles. The van der Waals surface area contributed by atoms with Crippen molar-refractivity contribution in [3.8, 4) is 17.2 Å². The van der Waals surface area contributed by atoms with Gasteiger partial charge in [-0.2, -0.15) is 0 Å². The largest absolute Gasteiger partial charge is 0.497 e. The number of nitrogens with one attached hydrogen (secondary N) is 1. The van der Waals surface area contributed by atoms with E-state index >= 15 is 0 Å². The van der Waals surface area contributed by atoms with E-state index in [1.165, 1.54) is 0 Å². The van der Waals surface area contributed by atoms with Crippen LogP contribution in [0.2, 0.25) is 0 Å².